The van der Waals surface area contributed by atoms with Crippen molar-refractivity contribution in [2.75, 3.05) is 20.8 Å². The summed E-state index contributed by atoms with van der Waals surface area (Å²) in [6.07, 6.45) is 4.58. The molecular weight excluding hydrogens is 344 g/mol. The van der Waals surface area contributed by atoms with Crippen LogP contribution >= 0.6 is 0 Å². The Morgan fingerprint density at radius 2 is 1.96 bits per heavy atom. The first-order valence-electron chi connectivity index (χ1n) is 9.46. The van der Waals surface area contributed by atoms with Crippen molar-refractivity contribution in [3.8, 4) is 11.5 Å². The van der Waals surface area contributed by atoms with Crippen molar-refractivity contribution in [1.29, 1.82) is 0 Å². The number of unbranched alkanes of at least 4 members (excludes halogenated alkanes) is 3. The Balaban J connectivity index is 2.03. The molecule has 27 heavy (non-hydrogen) atoms. The smallest absolute Gasteiger partial charge is 0.254 e. The largest absolute Gasteiger partial charge is 0.493 e. The predicted octanol–water partition coefficient (Wildman–Crippen LogP) is 4.53. The van der Waals surface area contributed by atoms with E-state index in [2.05, 4.69) is 12.1 Å². The molecule has 148 valence electrons. The minimum absolute atomic E-state index is 0.0946. The average Bonchev–Trinajstić information content (AvgIpc) is 2.99. The van der Waals surface area contributed by atoms with E-state index in [1.54, 1.807) is 37.3 Å². The Morgan fingerprint density at radius 3 is 2.59 bits per heavy atom. The average molecular weight is 374 g/mol. The molecule has 1 heterocycles. The third-order valence-corrected chi connectivity index (χ3v) is 4.59. The lowest BCUT2D eigenvalue weighted by Gasteiger charge is -2.18. The van der Waals surface area contributed by atoms with E-state index in [1.807, 2.05) is 13.8 Å². The van der Waals surface area contributed by atoms with Gasteiger partial charge >= 0.3 is 0 Å². The zero-order valence-corrected chi connectivity index (χ0v) is 17.0. The highest BCUT2D eigenvalue weighted by molar-refractivity contribution is 5.94. The van der Waals surface area contributed by atoms with Gasteiger partial charge < -0.3 is 18.9 Å². The SMILES string of the molecule is CCCCCCOc1ccc(C(=O)N(C)Cc2c(C)noc2C)cc1OC. The standard InChI is InChI=1S/C21H30N2O4/c1-6-7-8-9-12-26-19-11-10-17(13-20(19)25-5)21(24)23(4)14-18-15(2)22-27-16(18)3/h10-11,13H,6-9,12,14H2,1-5H3. The van der Waals surface area contributed by atoms with Crippen LogP contribution in [-0.2, 0) is 6.54 Å². The number of carbonyl (C=O) groups is 1. The van der Waals surface area contributed by atoms with Crippen LogP contribution in [-0.4, -0.2) is 36.7 Å². The van der Waals surface area contributed by atoms with E-state index in [4.69, 9.17) is 14.0 Å². The van der Waals surface area contributed by atoms with Crippen molar-refractivity contribution >= 4 is 5.91 Å². The summed E-state index contributed by atoms with van der Waals surface area (Å²) < 4.78 is 16.4. The van der Waals surface area contributed by atoms with Crippen molar-refractivity contribution < 1.29 is 18.8 Å². The van der Waals surface area contributed by atoms with Crippen LogP contribution in [0.25, 0.3) is 0 Å². The lowest BCUT2D eigenvalue weighted by Crippen LogP contribution is -2.26. The monoisotopic (exact) mass is 374 g/mol. The molecule has 0 fully saturated rings. The first kappa shape index (κ1) is 20.8. The molecule has 2 aromatic rings. The van der Waals surface area contributed by atoms with E-state index in [9.17, 15) is 4.79 Å². The maximum absolute atomic E-state index is 12.8. The van der Waals surface area contributed by atoms with E-state index in [-0.39, 0.29) is 5.91 Å². The fourth-order valence-corrected chi connectivity index (χ4v) is 2.89. The van der Waals surface area contributed by atoms with Gasteiger partial charge in [0.25, 0.3) is 5.91 Å². The molecule has 0 aliphatic rings. The number of aryl methyl sites for hydroxylation is 2. The molecule has 0 saturated carbocycles. The van der Waals surface area contributed by atoms with E-state index in [0.717, 1.165) is 29.9 Å². The van der Waals surface area contributed by atoms with Crippen molar-refractivity contribution in [3.63, 3.8) is 0 Å². The number of hydrogen-bond donors (Lipinski definition) is 0. The van der Waals surface area contributed by atoms with Gasteiger partial charge in [0.2, 0.25) is 0 Å². The number of methoxy groups -OCH3 is 1. The number of nitrogens with zero attached hydrogens (tertiary/aromatic N) is 2. The van der Waals surface area contributed by atoms with Gasteiger partial charge in [0.05, 0.1) is 26.0 Å². The molecule has 0 N–H and O–H groups in total. The summed E-state index contributed by atoms with van der Waals surface area (Å²) in [7, 11) is 3.35. The third-order valence-electron chi connectivity index (χ3n) is 4.59. The van der Waals surface area contributed by atoms with E-state index >= 15 is 0 Å². The van der Waals surface area contributed by atoms with Crippen LogP contribution in [0.1, 0.15) is 60.0 Å². The molecule has 1 amide bonds. The van der Waals surface area contributed by atoms with Crippen molar-refractivity contribution in [2.45, 2.75) is 53.0 Å². The lowest BCUT2D eigenvalue weighted by molar-refractivity contribution is 0.0784. The molecule has 6 nitrogen and oxygen atoms in total. The maximum Gasteiger partial charge on any atom is 0.254 e. The van der Waals surface area contributed by atoms with Gasteiger partial charge in [0, 0.05) is 18.2 Å². The Kier molecular flexibility index (Phi) is 7.70. The summed E-state index contributed by atoms with van der Waals surface area (Å²) in [6.45, 7) is 7.00. The highest BCUT2D eigenvalue weighted by Gasteiger charge is 2.18. The highest BCUT2D eigenvalue weighted by atomic mass is 16.5. The zero-order chi connectivity index (χ0) is 19.8. The summed E-state index contributed by atoms with van der Waals surface area (Å²) >= 11 is 0. The minimum Gasteiger partial charge on any atom is -0.493 e. The molecule has 0 spiro atoms. The highest BCUT2D eigenvalue weighted by Crippen LogP contribution is 2.29. The topological polar surface area (TPSA) is 64.8 Å². The quantitative estimate of drug-likeness (QED) is 0.572. The number of benzene rings is 1. The van der Waals surface area contributed by atoms with Gasteiger partial charge in [-0.25, -0.2) is 0 Å². The Bertz CT molecular complexity index is 735. The third kappa shape index (κ3) is 5.49. The van der Waals surface area contributed by atoms with Gasteiger partial charge in [-0.15, -0.1) is 0 Å². The fraction of sp³-hybridized carbons (Fsp3) is 0.524. The van der Waals surface area contributed by atoms with Gasteiger partial charge in [0.15, 0.2) is 11.5 Å². The van der Waals surface area contributed by atoms with Crippen molar-refractivity contribution in [1.82, 2.24) is 10.1 Å². The van der Waals surface area contributed by atoms with Crippen LogP contribution in [0.4, 0.5) is 0 Å². The number of hydrogen-bond acceptors (Lipinski definition) is 5. The second-order valence-electron chi connectivity index (χ2n) is 6.74. The number of amides is 1. The minimum atomic E-state index is -0.0946. The first-order chi connectivity index (χ1) is 13.0. The van der Waals surface area contributed by atoms with Crippen LogP contribution in [0.3, 0.4) is 0 Å². The van der Waals surface area contributed by atoms with Crippen molar-refractivity contribution in [3.05, 3.63) is 40.8 Å². The number of rotatable bonds is 10. The summed E-state index contributed by atoms with van der Waals surface area (Å²) in [5, 5.41) is 3.94. The maximum atomic E-state index is 12.8. The molecule has 0 bridgehead atoms. The number of aromatic nitrogens is 1. The molecule has 0 radical (unpaired) electrons. The summed E-state index contributed by atoms with van der Waals surface area (Å²) in [4.78, 5) is 14.4. The van der Waals surface area contributed by atoms with Crippen LogP contribution in [0.2, 0.25) is 0 Å². The zero-order valence-electron chi connectivity index (χ0n) is 17.0. The van der Waals surface area contributed by atoms with Gasteiger partial charge in [-0.2, -0.15) is 0 Å². The van der Waals surface area contributed by atoms with Gasteiger partial charge in [-0.1, -0.05) is 31.3 Å². The first-order valence-corrected chi connectivity index (χ1v) is 9.46. The van der Waals surface area contributed by atoms with Crippen molar-refractivity contribution in [2.24, 2.45) is 0 Å². The summed E-state index contributed by atoms with van der Waals surface area (Å²) in [5.41, 5.74) is 2.29. The number of ether oxygens (including phenoxy) is 2. The van der Waals surface area contributed by atoms with E-state index in [0.29, 0.717) is 30.2 Å². The van der Waals surface area contributed by atoms with Crippen LogP contribution < -0.4 is 9.47 Å². The van der Waals surface area contributed by atoms with Gasteiger partial charge in [0.1, 0.15) is 5.76 Å². The molecule has 6 heteroatoms. The van der Waals surface area contributed by atoms with Crippen LogP contribution in [0.15, 0.2) is 22.7 Å². The normalized spacial score (nSPS) is 10.7. The fourth-order valence-electron chi connectivity index (χ4n) is 2.89. The molecule has 1 aromatic carbocycles. The van der Waals surface area contributed by atoms with Crippen LogP contribution in [0, 0.1) is 13.8 Å². The van der Waals surface area contributed by atoms with Gasteiger partial charge in [-0.3, -0.25) is 4.79 Å². The van der Waals surface area contributed by atoms with E-state index in [1.165, 1.54) is 12.8 Å². The molecule has 0 atom stereocenters. The van der Waals surface area contributed by atoms with Crippen LogP contribution in [0.5, 0.6) is 11.5 Å². The second kappa shape index (κ2) is 10.00. The van der Waals surface area contributed by atoms with E-state index < -0.39 is 0 Å². The lowest BCUT2D eigenvalue weighted by atomic mass is 10.1. The summed E-state index contributed by atoms with van der Waals surface area (Å²) in [5.74, 6) is 1.88. The number of carbonyl (C=O) groups excluding carboxylic acids is 1. The molecule has 0 unspecified atom stereocenters. The molecular formula is C21H30N2O4. The predicted molar refractivity (Wildman–Crippen MR) is 104 cm³/mol. The second-order valence-corrected chi connectivity index (χ2v) is 6.74. The molecule has 0 aliphatic carbocycles. The molecule has 2 rings (SSSR count). The Morgan fingerprint density at radius 1 is 1.19 bits per heavy atom. The Hall–Kier alpha value is -2.50. The van der Waals surface area contributed by atoms with Gasteiger partial charge in [-0.05, 0) is 38.5 Å². The molecule has 0 aliphatic heterocycles. The molecule has 0 saturated heterocycles. The Labute approximate surface area is 161 Å². The summed E-state index contributed by atoms with van der Waals surface area (Å²) in [6, 6.07) is 5.30. The molecule has 1 aromatic heterocycles.